The van der Waals surface area contributed by atoms with Gasteiger partial charge in [0.05, 0.1) is 62.0 Å². The van der Waals surface area contributed by atoms with Gasteiger partial charge in [0.1, 0.15) is 110 Å². The van der Waals surface area contributed by atoms with E-state index >= 15 is 0 Å². The molecule has 0 aliphatic carbocycles. The zero-order valence-corrected chi connectivity index (χ0v) is 42.8. The SMILES string of the molecule is COC1C(O)[C@@H](C)OC(C)[C@@H]1O.COC1C(O)[C@@H](C)OC(C)[C@@H]1O.CO[C@@H]1C(CO)O[C@H](C)C(O)[C@H]1O.CO[C@@H]1C(OC2OC(COC3OC(C(=O)O)[C@@H](C)[C@H](O)[C@@H]3O)[C@@H](O)[C@H](O)[C@@H]2O)[C@@H](C)OC(C)[C@@H]1O. The number of aliphatic hydroxyl groups is 13. The van der Waals surface area contributed by atoms with Gasteiger partial charge >= 0.3 is 5.97 Å². The van der Waals surface area contributed by atoms with Gasteiger partial charge in [-0.3, -0.25) is 0 Å². The Morgan fingerprint density at radius 3 is 1.21 bits per heavy atom. The van der Waals surface area contributed by atoms with Gasteiger partial charge in [0.2, 0.25) is 0 Å². The van der Waals surface area contributed by atoms with Gasteiger partial charge in [0.15, 0.2) is 18.7 Å². The molecule has 0 aromatic heterocycles. The number of carboxylic acids is 1. The lowest BCUT2D eigenvalue weighted by Crippen LogP contribution is -2.64. The first-order valence-electron chi connectivity index (χ1n) is 24.0. The fourth-order valence-electron chi connectivity index (χ4n) is 9.21. The maximum absolute atomic E-state index is 11.4. The molecular formula is C45H84O27. The van der Waals surface area contributed by atoms with E-state index in [4.69, 9.17) is 61.9 Å². The highest BCUT2D eigenvalue weighted by Crippen LogP contribution is 2.32. The number of methoxy groups -OCH3 is 4. The maximum Gasteiger partial charge on any atom is 0.333 e. The minimum atomic E-state index is -1.72. The molecule has 6 rings (SSSR count). The van der Waals surface area contributed by atoms with E-state index in [-0.39, 0.29) is 31.0 Å². The first-order valence-corrected chi connectivity index (χ1v) is 24.0. The summed E-state index contributed by atoms with van der Waals surface area (Å²) >= 11 is 0. The Morgan fingerprint density at radius 1 is 0.389 bits per heavy atom. The van der Waals surface area contributed by atoms with E-state index in [1.807, 2.05) is 0 Å². The van der Waals surface area contributed by atoms with Crippen molar-refractivity contribution in [2.75, 3.05) is 41.7 Å². The van der Waals surface area contributed by atoms with Crippen LogP contribution in [0.3, 0.4) is 0 Å². The summed E-state index contributed by atoms with van der Waals surface area (Å²) < 4.78 is 63.7. The lowest BCUT2D eigenvalue weighted by molar-refractivity contribution is -0.349. The van der Waals surface area contributed by atoms with Crippen molar-refractivity contribution in [3.05, 3.63) is 0 Å². The van der Waals surface area contributed by atoms with Crippen LogP contribution < -0.4 is 0 Å². The zero-order valence-electron chi connectivity index (χ0n) is 42.8. The first kappa shape index (κ1) is 64.8. The average molecular weight is 1060 g/mol. The van der Waals surface area contributed by atoms with Crippen LogP contribution in [0.15, 0.2) is 0 Å². The Hall–Kier alpha value is -1.53. The molecule has 14 N–H and O–H groups in total. The van der Waals surface area contributed by atoms with Gasteiger partial charge in [-0.2, -0.15) is 0 Å². The van der Waals surface area contributed by atoms with E-state index in [0.29, 0.717) is 0 Å². The molecule has 6 saturated heterocycles. The summed E-state index contributed by atoms with van der Waals surface area (Å²) in [4.78, 5) is 11.4. The fourth-order valence-corrected chi connectivity index (χ4v) is 9.21. The van der Waals surface area contributed by atoms with E-state index in [9.17, 15) is 71.2 Å². The standard InChI is InChI=1S/C21H36O14.C8H16O5.2C8H16O4/c1-6-10(22)14(26)20(34-16(6)19(28)29)31-5-9-12(24)13(25)15(27)21(33-9)35-17-8(3)32-7(2)11(23)18(17)30-4;1-4-6(10)7(11)8(12-2)5(3-9)13-4;2*1-4-6(9)8(11-3)7(10)5(2)12-4/h6-18,20-27H,5H2,1-4H3,(H,28,29);4-11H,3H2,1-2H3;2*4-10H,1-3H3/t6-,7?,8+,9?,10-,11-,12+,13-,14-,15-,16?,17?,18-,20?,21?;4-,5?,6?,7-,8-;2*4-,5?,6?,7+,8?/m0111/s1. The number of carbonyl (C=O) groups is 1. The Balaban J connectivity index is 0.000000300. The number of ether oxygens (including phenoxy) is 12. The van der Waals surface area contributed by atoms with Gasteiger partial charge in [0.25, 0.3) is 0 Å². The summed E-state index contributed by atoms with van der Waals surface area (Å²) in [6.07, 6.45) is -26.8. The van der Waals surface area contributed by atoms with Crippen LogP contribution in [0.5, 0.6) is 0 Å². The van der Waals surface area contributed by atoms with Crippen molar-refractivity contribution in [2.45, 2.75) is 233 Å². The average Bonchev–Trinajstić information content (AvgIpc) is 3.34. The van der Waals surface area contributed by atoms with Gasteiger partial charge < -0.3 is 128 Å². The second-order valence-electron chi connectivity index (χ2n) is 19.0. The molecule has 426 valence electrons. The van der Waals surface area contributed by atoms with E-state index in [0.717, 1.165) is 0 Å². The van der Waals surface area contributed by atoms with Crippen LogP contribution in [0, 0.1) is 5.92 Å². The van der Waals surface area contributed by atoms with E-state index in [2.05, 4.69) is 0 Å². The van der Waals surface area contributed by atoms with E-state index in [1.165, 1.54) is 35.4 Å². The molecule has 72 heavy (non-hydrogen) atoms. The quantitative estimate of drug-likeness (QED) is 0.0916. The Labute approximate surface area is 418 Å². The number of rotatable bonds is 11. The second-order valence-corrected chi connectivity index (χ2v) is 19.0. The molecular weight excluding hydrogens is 972 g/mol. The molecule has 14 unspecified atom stereocenters. The maximum atomic E-state index is 11.4. The summed E-state index contributed by atoms with van der Waals surface area (Å²) in [7, 11) is 5.73. The van der Waals surface area contributed by atoms with Crippen LogP contribution >= 0.6 is 0 Å². The molecule has 6 aliphatic rings. The minimum absolute atomic E-state index is 0.230. The Bertz CT molecular complexity index is 1490. The molecule has 0 bridgehead atoms. The number of carboxylic acid groups (broad SMARTS) is 1. The van der Waals surface area contributed by atoms with Crippen molar-refractivity contribution in [1.29, 1.82) is 0 Å². The predicted octanol–water partition coefficient (Wildman–Crippen LogP) is -5.89. The van der Waals surface area contributed by atoms with Crippen molar-refractivity contribution in [3.63, 3.8) is 0 Å². The van der Waals surface area contributed by atoms with Gasteiger partial charge in [-0.25, -0.2) is 4.79 Å². The summed E-state index contributed by atoms with van der Waals surface area (Å²) in [6, 6.07) is 0. The molecule has 0 amide bonds. The molecule has 6 heterocycles. The lowest BCUT2D eigenvalue weighted by Gasteiger charge is -2.46. The fraction of sp³-hybridized carbons (Fsp3) is 0.978. The normalized spacial score (nSPS) is 49.7. The molecule has 6 aliphatic heterocycles. The molecule has 27 heteroatoms. The van der Waals surface area contributed by atoms with Crippen LogP contribution in [0.4, 0.5) is 0 Å². The molecule has 27 nitrogen and oxygen atoms in total. The molecule has 0 saturated carbocycles. The van der Waals surface area contributed by atoms with Crippen molar-refractivity contribution in [2.24, 2.45) is 5.92 Å². The third-order valence-corrected chi connectivity index (χ3v) is 13.9. The molecule has 6 fully saturated rings. The summed E-state index contributed by atoms with van der Waals surface area (Å²) in [5.41, 5.74) is 0. The number of hydrogen-bond acceptors (Lipinski definition) is 26. The van der Waals surface area contributed by atoms with Crippen molar-refractivity contribution in [1.82, 2.24) is 0 Å². The first-order chi connectivity index (χ1) is 33.6. The second kappa shape index (κ2) is 29.3. The van der Waals surface area contributed by atoms with Crippen LogP contribution in [-0.4, -0.2) is 297 Å². The highest BCUT2D eigenvalue weighted by molar-refractivity contribution is 5.73. The highest BCUT2D eigenvalue weighted by atomic mass is 16.7. The van der Waals surface area contributed by atoms with Crippen molar-refractivity contribution in [3.8, 4) is 0 Å². The third kappa shape index (κ3) is 15.6. The van der Waals surface area contributed by atoms with E-state index < -0.39 is 171 Å². The largest absolute Gasteiger partial charge is 0.479 e. The Morgan fingerprint density at radius 2 is 0.792 bits per heavy atom. The zero-order chi connectivity index (χ0) is 54.8. The highest BCUT2D eigenvalue weighted by Gasteiger charge is 2.52. The van der Waals surface area contributed by atoms with Crippen LogP contribution in [0.1, 0.15) is 55.4 Å². The third-order valence-electron chi connectivity index (χ3n) is 13.9. The summed E-state index contributed by atoms with van der Waals surface area (Å²) in [6.45, 7) is 12.7. The monoisotopic (exact) mass is 1060 g/mol. The number of aliphatic hydroxyl groups excluding tert-OH is 13. The molecule has 0 spiro atoms. The molecule has 0 aromatic rings. The van der Waals surface area contributed by atoms with Gasteiger partial charge in [0, 0.05) is 34.4 Å². The van der Waals surface area contributed by atoms with Crippen LogP contribution in [-0.2, 0) is 61.6 Å². The number of aliphatic carboxylic acids is 1. The molecule has 0 radical (unpaired) electrons. The van der Waals surface area contributed by atoms with Gasteiger partial charge in [-0.05, 0) is 48.5 Å². The van der Waals surface area contributed by atoms with Crippen molar-refractivity contribution < 1.29 is 133 Å². The topological polar surface area (TPSA) is 411 Å². The summed E-state index contributed by atoms with van der Waals surface area (Å²) in [5.74, 6) is -2.27. The molecule has 0 aromatic carbocycles. The van der Waals surface area contributed by atoms with Crippen LogP contribution in [0.2, 0.25) is 0 Å². The predicted molar refractivity (Wildman–Crippen MR) is 242 cm³/mol. The van der Waals surface area contributed by atoms with Gasteiger partial charge in [-0.1, -0.05) is 6.92 Å². The summed E-state index contributed by atoms with van der Waals surface area (Å²) in [5, 5.41) is 137. The molecule has 30 atom stereocenters. The smallest absolute Gasteiger partial charge is 0.333 e. The number of hydrogen-bond donors (Lipinski definition) is 14. The van der Waals surface area contributed by atoms with Crippen LogP contribution in [0.25, 0.3) is 0 Å². The lowest BCUT2D eigenvalue weighted by atomic mass is 9.91. The Kier molecular flexibility index (Phi) is 26.3. The van der Waals surface area contributed by atoms with E-state index in [1.54, 1.807) is 48.5 Å². The van der Waals surface area contributed by atoms with Gasteiger partial charge in [-0.15, -0.1) is 0 Å². The van der Waals surface area contributed by atoms with Crippen molar-refractivity contribution >= 4 is 5.97 Å². The minimum Gasteiger partial charge on any atom is -0.479 e.